The van der Waals surface area contributed by atoms with Crippen LogP contribution in [0.15, 0.2) is 103 Å². The number of primary amides is 1. The number of carbonyl (C=O) groups is 3. The molecule has 0 radical (unpaired) electrons. The van der Waals surface area contributed by atoms with Gasteiger partial charge in [-0.3, -0.25) is 14.5 Å². The zero-order valence-corrected chi connectivity index (χ0v) is 28.6. The van der Waals surface area contributed by atoms with Crippen LogP contribution in [0.4, 0.5) is 16.2 Å². The first-order valence-electron chi connectivity index (χ1n) is 17.3. The second-order valence-corrected chi connectivity index (χ2v) is 12.5. The minimum atomic E-state index is -0.353. The van der Waals surface area contributed by atoms with Crippen LogP contribution in [0.1, 0.15) is 92.6 Å². The van der Waals surface area contributed by atoms with Gasteiger partial charge in [0, 0.05) is 48.6 Å². The lowest BCUT2D eigenvalue weighted by Gasteiger charge is -2.25. The average molecular weight is 647 g/mol. The van der Waals surface area contributed by atoms with Gasteiger partial charge < -0.3 is 16.4 Å². The highest BCUT2D eigenvalue weighted by atomic mass is 16.2. The number of carbonyl (C=O) groups excluding carboxylic acids is 3. The maximum atomic E-state index is 13.3. The van der Waals surface area contributed by atoms with Gasteiger partial charge in [0.15, 0.2) is 5.78 Å². The number of rotatable bonds is 18. The molecular formula is C41H50N4O3. The van der Waals surface area contributed by atoms with Crippen LogP contribution in [0, 0.1) is 0 Å². The summed E-state index contributed by atoms with van der Waals surface area (Å²) in [5, 5.41) is 6.63. The molecule has 0 saturated carbocycles. The highest BCUT2D eigenvalue weighted by Gasteiger charge is 2.22. The summed E-state index contributed by atoms with van der Waals surface area (Å²) in [7, 11) is 1.79. The number of para-hydroxylation sites is 1. The Morgan fingerprint density at radius 3 is 2.19 bits per heavy atom. The molecule has 0 heterocycles. The molecule has 0 aliphatic carbocycles. The Labute approximate surface area is 285 Å². The van der Waals surface area contributed by atoms with Crippen molar-refractivity contribution in [2.45, 2.75) is 77.2 Å². The quantitative estimate of drug-likeness (QED) is 0.0741. The predicted octanol–water partition coefficient (Wildman–Crippen LogP) is 8.94. The molecule has 48 heavy (non-hydrogen) atoms. The van der Waals surface area contributed by atoms with Gasteiger partial charge in [0.25, 0.3) is 0 Å². The second-order valence-electron chi connectivity index (χ2n) is 12.5. The smallest absolute Gasteiger partial charge is 0.321 e. The maximum Gasteiger partial charge on any atom is 0.321 e. The highest BCUT2D eigenvalue weighted by Crippen LogP contribution is 2.31. The molecule has 2 unspecified atom stereocenters. The van der Waals surface area contributed by atoms with E-state index < -0.39 is 0 Å². The fourth-order valence-corrected chi connectivity index (χ4v) is 6.02. The Hall–Kier alpha value is -4.91. The molecule has 0 fully saturated rings. The highest BCUT2D eigenvalue weighted by molar-refractivity contribution is 6.12. The SMILES string of the molecule is CCCCCCCNC(=O)N(C)c1cccc(-c2ccc(C(CC(N)=O)CC(CC)Nc3ccccc3C(=O)c3ccccc3)cc2)c1. The van der Waals surface area contributed by atoms with Gasteiger partial charge in [0.1, 0.15) is 0 Å². The molecule has 7 heteroatoms. The number of nitrogens with zero attached hydrogens (tertiary/aromatic N) is 1. The Morgan fingerprint density at radius 1 is 0.771 bits per heavy atom. The van der Waals surface area contributed by atoms with Gasteiger partial charge in [-0.05, 0) is 66.1 Å². The number of unbranched alkanes of at least 4 members (excludes halogenated alkanes) is 4. The summed E-state index contributed by atoms with van der Waals surface area (Å²) < 4.78 is 0. The molecule has 7 nitrogen and oxygen atoms in total. The van der Waals surface area contributed by atoms with Crippen LogP contribution >= 0.6 is 0 Å². The molecule has 0 aromatic heterocycles. The van der Waals surface area contributed by atoms with Crippen molar-refractivity contribution in [3.8, 4) is 11.1 Å². The summed E-state index contributed by atoms with van der Waals surface area (Å²) in [5.74, 6) is -0.491. The topological polar surface area (TPSA) is 105 Å². The first-order valence-corrected chi connectivity index (χ1v) is 17.3. The Morgan fingerprint density at radius 2 is 1.48 bits per heavy atom. The molecule has 252 valence electrons. The standard InChI is InChI=1S/C41H50N4O3/c1-4-6-7-8-14-26-43-41(48)45(3)36-19-15-18-33(28-36)30-22-24-31(25-23-30)34(29-39(42)46)27-35(5-2)44-38-21-13-12-20-37(38)40(47)32-16-10-9-11-17-32/h9-13,15-25,28,34-35,44H,4-8,14,26-27,29H2,1-3H3,(H2,42,46)(H,43,48). The van der Waals surface area contributed by atoms with Gasteiger partial charge >= 0.3 is 6.03 Å². The van der Waals surface area contributed by atoms with E-state index in [9.17, 15) is 14.4 Å². The number of urea groups is 1. The van der Waals surface area contributed by atoms with Crippen LogP contribution in [0.5, 0.6) is 0 Å². The lowest BCUT2D eigenvalue weighted by molar-refractivity contribution is -0.118. The number of hydrogen-bond acceptors (Lipinski definition) is 4. The summed E-state index contributed by atoms with van der Waals surface area (Å²) in [6.07, 6.45) is 7.44. The molecule has 0 spiro atoms. The van der Waals surface area contributed by atoms with Gasteiger partial charge in [-0.1, -0.05) is 118 Å². The minimum absolute atomic E-state index is 0.00783. The number of ketones is 1. The molecule has 0 bridgehead atoms. The second kappa shape index (κ2) is 18.4. The third-order valence-electron chi connectivity index (χ3n) is 8.89. The van der Waals surface area contributed by atoms with Gasteiger partial charge in [0.05, 0.1) is 0 Å². The van der Waals surface area contributed by atoms with Crippen molar-refractivity contribution in [2.75, 3.05) is 23.8 Å². The number of anilines is 2. The van der Waals surface area contributed by atoms with E-state index in [0.29, 0.717) is 24.1 Å². The van der Waals surface area contributed by atoms with Crippen LogP contribution < -0.4 is 21.3 Å². The van der Waals surface area contributed by atoms with Gasteiger partial charge in [0.2, 0.25) is 5.91 Å². The van der Waals surface area contributed by atoms with E-state index in [4.69, 9.17) is 5.73 Å². The number of nitrogens with one attached hydrogen (secondary N) is 2. The van der Waals surface area contributed by atoms with E-state index in [1.807, 2.05) is 78.9 Å². The zero-order valence-electron chi connectivity index (χ0n) is 28.6. The first kappa shape index (κ1) is 35.9. The fourth-order valence-electron chi connectivity index (χ4n) is 6.02. The van der Waals surface area contributed by atoms with Gasteiger partial charge in [-0.25, -0.2) is 4.79 Å². The zero-order chi connectivity index (χ0) is 34.3. The maximum absolute atomic E-state index is 13.3. The van der Waals surface area contributed by atoms with E-state index >= 15 is 0 Å². The molecule has 0 aliphatic rings. The van der Waals surface area contributed by atoms with Crippen molar-refractivity contribution in [3.63, 3.8) is 0 Å². The molecule has 2 atom stereocenters. The van der Waals surface area contributed by atoms with E-state index in [2.05, 4.69) is 48.7 Å². The lowest BCUT2D eigenvalue weighted by atomic mass is 9.87. The monoisotopic (exact) mass is 646 g/mol. The average Bonchev–Trinajstić information content (AvgIpc) is 3.12. The molecule has 3 amide bonds. The van der Waals surface area contributed by atoms with Crippen molar-refractivity contribution in [2.24, 2.45) is 5.73 Å². The summed E-state index contributed by atoms with van der Waals surface area (Å²) in [6, 6.07) is 32.9. The van der Waals surface area contributed by atoms with E-state index in [1.54, 1.807) is 11.9 Å². The van der Waals surface area contributed by atoms with Crippen molar-refractivity contribution in [1.29, 1.82) is 0 Å². The van der Waals surface area contributed by atoms with Crippen molar-refractivity contribution in [1.82, 2.24) is 5.32 Å². The third-order valence-corrected chi connectivity index (χ3v) is 8.89. The molecule has 4 aromatic rings. The van der Waals surface area contributed by atoms with Gasteiger partial charge in [-0.2, -0.15) is 0 Å². The first-order chi connectivity index (χ1) is 23.3. The van der Waals surface area contributed by atoms with Crippen LogP contribution in [0.3, 0.4) is 0 Å². The van der Waals surface area contributed by atoms with Crippen molar-refractivity contribution >= 4 is 29.1 Å². The van der Waals surface area contributed by atoms with Crippen LogP contribution in [-0.2, 0) is 4.79 Å². The molecular weight excluding hydrogens is 596 g/mol. The number of amides is 3. The fraction of sp³-hybridized carbons (Fsp3) is 0.341. The van der Waals surface area contributed by atoms with Crippen LogP contribution in [-0.4, -0.2) is 37.4 Å². The molecule has 4 aromatic carbocycles. The summed E-state index contributed by atoms with van der Waals surface area (Å²) >= 11 is 0. The molecule has 0 aliphatic heterocycles. The lowest BCUT2D eigenvalue weighted by Crippen LogP contribution is -2.37. The van der Waals surface area contributed by atoms with E-state index in [1.165, 1.54) is 19.3 Å². The Balaban J connectivity index is 1.45. The van der Waals surface area contributed by atoms with Gasteiger partial charge in [-0.15, -0.1) is 0 Å². The number of hydrogen-bond donors (Lipinski definition) is 3. The van der Waals surface area contributed by atoms with Crippen molar-refractivity contribution in [3.05, 3.63) is 120 Å². The predicted molar refractivity (Wildman–Crippen MR) is 198 cm³/mol. The summed E-state index contributed by atoms with van der Waals surface area (Å²) in [5.41, 5.74) is 11.6. The number of benzene rings is 4. The summed E-state index contributed by atoms with van der Waals surface area (Å²) in [4.78, 5) is 40.0. The van der Waals surface area contributed by atoms with E-state index in [0.717, 1.165) is 47.3 Å². The van der Waals surface area contributed by atoms with Crippen LogP contribution in [0.25, 0.3) is 11.1 Å². The molecule has 4 rings (SSSR count). The Bertz CT molecular complexity index is 1620. The molecule has 4 N–H and O–H groups in total. The minimum Gasteiger partial charge on any atom is -0.382 e. The normalized spacial score (nSPS) is 12.1. The molecule has 0 saturated heterocycles. The van der Waals surface area contributed by atoms with E-state index in [-0.39, 0.29) is 36.1 Å². The summed E-state index contributed by atoms with van der Waals surface area (Å²) in [6.45, 7) is 4.97. The number of nitrogens with two attached hydrogens (primary N) is 1. The largest absolute Gasteiger partial charge is 0.382 e. The third kappa shape index (κ3) is 10.3. The Kier molecular flexibility index (Phi) is 13.8. The van der Waals surface area contributed by atoms with Crippen molar-refractivity contribution < 1.29 is 14.4 Å². The van der Waals surface area contributed by atoms with Crippen LogP contribution in [0.2, 0.25) is 0 Å².